The molecule has 1 aromatic heterocycles. The van der Waals surface area contributed by atoms with E-state index >= 15 is 0 Å². The van der Waals surface area contributed by atoms with Crippen LogP contribution >= 0.6 is 11.3 Å². The van der Waals surface area contributed by atoms with E-state index in [0.717, 1.165) is 23.0 Å². The van der Waals surface area contributed by atoms with Gasteiger partial charge in [0, 0.05) is 25.7 Å². The lowest BCUT2D eigenvalue weighted by Crippen LogP contribution is -2.47. The fraction of sp³-hybridized carbons (Fsp3) is 0.286. The first kappa shape index (κ1) is 20.2. The van der Waals surface area contributed by atoms with Gasteiger partial charge in [-0.3, -0.25) is 4.79 Å². The molecule has 1 saturated heterocycles. The Balaban J connectivity index is 1.36. The number of amides is 3. The van der Waals surface area contributed by atoms with Gasteiger partial charge in [-0.05, 0) is 24.5 Å². The van der Waals surface area contributed by atoms with Crippen LogP contribution in [0.25, 0.3) is 10.2 Å². The minimum atomic E-state index is -0.763. The van der Waals surface area contributed by atoms with Gasteiger partial charge in [-0.25, -0.2) is 18.6 Å². The Labute approximate surface area is 175 Å². The number of nitrogens with zero attached hydrogens (tertiary/aromatic N) is 2. The van der Waals surface area contributed by atoms with Crippen molar-refractivity contribution in [2.75, 3.05) is 18.4 Å². The van der Waals surface area contributed by atoms with Gasteiger partial charge in [0.05, 0.1) is 10.6 Å². The number of hydrogen-bond donors (Lipinski definition) is 2. The largest absolute Gasteiger partial charge is 0.334 e. The van der Waals surface area contributed by atoms with E-state index < -0.39 is 17.6 Å². The Hall–Kier alpha value is -3.07. The molecule has 2 aromatic carbocycles. The number of carbonyl (C=O) groups excluding carboxylic acids is 2. The van der Waals surface area contributed by atoms with Crippen molar-refractivity contribution in [3.63, 3.8) is 0 Å². The topological polar surface area (TPSA) is 74.3 Å². The van der Waals surface area contributed by atoms with Crippen molar-refractivity contribution in [3.8, 4) is 0 Å². The van der Waals surface area contributed by atoms with Gasteiger partial charge in [0.2, 0.25) is 5.91 Å². The maximum absolute atomic E-state index is 13.8. The molecule has 1 atom stereocenters. The van der Waals surface area contributed by atoms with E-state index in [4.69, 9.17) is 0 Å². The van der Waals surface area contributed by atoms with Gasteiger partial charge >= 0.3 is 6.03 Å². The van der Waals surface area contributed by atoms with E-state index in [0.29, 0.717) is 37.2 Å². The maximum atomic E-state index is 13.8. The quantitative estimate of drug-likeness (QED) is 0.654. The van der Waals surface area contributed by atoms with E-state index in [1.807, 2.05) is 30.3 Å². The monoisotopic (exact) mass is 430 g/mol. The van der Waals surface area contributed by atoms with Crippen LogP contribution in [0, 0.1) is 17.6 Å². The van der Waals surface area contributed by atoms with Crippen LogP contribution in [0.15, 0.2) is 42.5 Å². The number of rotatable bonds is 4. The highest BCUT2D eigenvalue weighted by atomic mass is 32.1. The third kappa shape index (κ3) is 4.56. The molecule has 0 saturated carbocycles. The van der Waals surface area contributed by atoms with Crippen molar-refractivity contribution in [3.05, 3.63) is 59.7 Å². The maximum Gasteiger partial charge on any atom is 0.317 e. The third-order valence-electron chi connectivity index (χ3n) is 5.01. The number of benzene rings is 2. The molecule has 3 amide bonds. The minimum Gasteiger partial charge on any atom is -0.334 e. The van der Waals surface area contributed by atoms with E-state index in [1.54, 1.807) is 4.90 Å². The molecule has 0 bridgehead atoms. The van der Waals surface area contributed by atoms with Gasteiger partial charge in [0.25, 0.3) is 0 Å². The van der Waals surface area contributed by atoms with Crippen molar-refractivity contribution in [1.29, 1.82) is 0 Å². The number of urea groups is 1. The molecular formula is C21H20F2N4O2S. The molecule has 1 unspecified atom stereocenters. The Morgan fingerprint density at radius 2 is 2.00 bits per heavy atom. The summed E-state index contributed by atoms with van der Waals surface area (Å²) in [5, 5.41) is 5.77. The van der Waals surface area contributed by atoms with Gasteiger partial charge in [0.15, 0.2) is 10.9 Å². The van der Waals surface area contributed by atoms with Crippen molar-refractivity contribution in [1.82, 2.24) is 15.2 Å². The minimum absolute atomic E-state index is 0.0299. The summed E-state index contributed by atoms with van der Waals surface area (Å²) in [6.07, 6.45) is 1.35. The number of halogens is 2. The summed E-state index contributed by atoms with van der Waals surface area (Å²) in [5.41, 5.74) is 1.03. The molecule has 4 rings (SSSR count). The summed E-state index contributed by atoms with van der Waals surface area (Å²) in [6.45, 7) is 1.29. The first-order valence-corrected chi connectivity index (χ1v) is 10.4. The molecule has 1 fully saturated rings. The van der Waals surface area contributed by atoms with Crippen molar-refractivity contribution in [2.24, 2.45) is 5.92 Å². The number of fused-ring (bicyclic) bond motifs is 1. The number of anilines is 1. The summed E-state index contributed by atoms with van der Waals surface area (Å²) in [4.78, 5) is 30.8. The molecule has 30 heavy (non-hydrogen) atoms. The first-order chi connectivity index (χ1) is 14.5. The molecule has 2 N–H and O–H groups in total. The molecule has 1 aliphatic heterocycles. The average Bonchev–Trinajstić information content (AvgIpc) is 3.15. The summed E-state index contributed by atoms with van der Waals surface area (Å²) in [5.74, 6) is -2.13. The van der Waals surface area contributed by atoms with E-state index in [2.05, 4.69) is 15.6 Å². The zero-order valence-electron chi connectivity index (χ0n) is 16.0. The van der Waals surface area contributed by atoms with Crippen LogP contribution in [0.5, 0.6) is 0 Å². The number of likely N-dealkylation sites (tertiary alicyclic amines) is 1. The van der Waals surface area contributed by atoms with Gasteiger partial charge in [0.1, 0.15) is 11.3 Å². The summed E-state index contributed by atoms with van der Waals surface area (Å²) < 4.78 is 27.5. The molecule has 2 heterocycles. The highest BCUT2D eigenvalue weighted by molar-refractivity contribution is 7.22. The normalized spacial score (nSPS) is 16.5. The highest BCUT2D eigenvalue weighted by Gasteiger charge is 2.29. The summed E-state index contributed by atoms with van der Waals surface area (Å²) in [6, 6.07) is 11.3. The lowest BCUT2D eigenvalue weighted by molar-refractivity contribution is -0.121. The predicted octanol–water partition coefficient (Wildman–Crippen LogP) is 4.13. The Bertz CT molecular complexity index is 1070. The fourth-order valence-corrected chi connectivity index (χ4v) is 4.39. The fourth-order valence-electron chi connectivity index (χ4n) is 3.48. The van der Waals surface area contributed by atoms with E-state index in [-0.39, 0.29) is 22.6 Å². The van der Waals surface area contributed by atoms with Crippen LogP contribution in [0.2, 0.25) is 0 Å². The van der Waals surface area contributed by atoms with Crippen LogP contribution in [0.3, 0.4) is 0 Å². The second-order valence-electron chi connectivity index (χ2n) is 7.17. The third-order valence-corrected chi connectivity index (χ3v) is 5.93. The van der Waals surface area contributed by atoms with Crippen molar-refractivity contribution < 1.29 is 18.4 Å². The number of hydrogen-bond acceptors (Lipinski definition) is 4. The van der Waals surface area contributed by atoms with Crippen LogP contribution in [0.1, 0.15) is 18.4 Å². The second-order valence-corrected chi connectivity index (χ2v) is 8.20. The molecule has 9 heteroatoms. The lowest BCUT2D eigenvalue weighted by Gasteiger charge is -2.31. The van der Waals surface area contributed by atoms with Crippen LogP contribution in [0.4, 0.5) is 18.7 Å². The van der Waals surface area contributed by atoms with Crippen LogP contribution in [-0.4, -0.2) is 34.9 Å². The molecule has 0 aliphatic carbocycles. The van der Waals surface area contributed by atoms with Crippen molar-refractivity contribution >= 4 is 38.6 Å². The number of nitrogens with one attached hydrogen (secondary N) is 2. The Morgan fingerprint density at radius 1 is 1.20 bits per heavy atom. The smallest absolute Gasteiger partial charge is 0.317 e. The molecule has 3 aromatic rings. The molecular weight excluding hydrogens is 410 g/mol. The Kier molecular flexibility index (Phi) is 5.89. The van der Waals surface area contributed by atoms with Crippen LogP contribution < -0.4 is 10.6 Å². The van der Waals surface area contributed by atoms with Gasteiger partial charge < -0.3 is 15.5 Å². The number of thiazole rings is 1. The number of piperidine rings is 1. The highest BCUT2D eigenvalue weighted by Crippen LogP contribution is 2.29. The molecule has 0 spiro atoms. The molecule has 1 aliphatic rings. The molecule has 156 valence electrons. The molecule has 0 radical (unpaired) electrons. The van der Waals surface area contributed by atoms with E-state index in [9.17, 15) is 18.4 Å². The first-order valence-electron chi connectivity index (χ1n) is 9.63. The average molecular weight is 430 g/mol. The van der Waals surface area contributed by atoms with Crippen LogP contribution in [-0.2, 0) is 11.3 Å². The standard InChI is InChI=1S/C21H20F2N4O2S/c22-15-9-16(23)18-17(10-15)30-20(25-18)26-19(28)14-7-4-8-27(12-14)21(29)24-11-13-5-2-1-3-6-13/h1-3,5-6,9-10,14H,4,7-8,11-12H2,(H,24,29)(H,25,26,28). The SMILES string of the molecule is O=C(Nc1nc2c(F)cc(F)cc2s1)C1CCCN(C(=O)NCc2ccccc2)C1. The predicted molar refractivity (Wildman–Crippen MR) is 111 cm³/mol. The van der Waals surface area contributed by atoms with Gasteiger partial charge in [-0.15, -0.1) is 0 Å². The summed E-state index contributed by atoms with van der Waals surface area (Å²) >= 11 is 1.01. The van der Waals surface area contributed by atoms with Crippen molar-refractivity contribution in [2.45, 2.75) is 19.4 Å². The Morgan fingerprint density at radius 3 is 2.80 bits per heavy atom. The molecule has 6 nitrogen and oxygen atoms in total. The lowest BCUT2D eigenvalue weighted by atomic mass is 9.97. The van der Waals surface area contributed by atoms with Gasteiger partial charge in [-0.2, -0.15) is 0 Å². The zero-order chi connectivity index (χ0) is 21.1. The zero-order valence-corrected chi connectivity index (χ0v) is 16.8. The summed E-state index contributed by atoms with van der Waals surface area (Å²) in [7, 11) is 0. The van der Waals surface area contributed by atoms with Gasteiger partial charge in [-0.1, -0.05) is 41.7 Å². The van der Waals surface area contributed by atoms with E-state index in [1.165, 1.54) is 6.07 Å². The number of aromatic nitrogens is 1. The second kappa shape index (κ2) is 8.74. The number of carbonyl (C=O) groups is 2.